The largest absolute Gasteiger partial charge is 0.376 e. The molecule has 2 saturated heterocycles. The molecule has 196 valence electrons. The summed E-state index contributed by atoms with van der Waals surface area (Å²) in [5.74, 6) is 1.22. The van der Waals surface area contributed by atoms with Crippen LogP contribution in [0.5, 0.6) is 0 Å². The predicted octanol–water partition coefficient (Wildman–Crippen LogP) is 4.92. The lowest BCUT2D eigenvalue weighted by atomic mass is 9.85. The summed E-state index contributed by atoms with van der Waals surface area (Å²) in [5, 5.41) is 9.94. The van der Waals surface area contributed by atoms with Crippen molar-refractivity contribution in [3.63, 3.8) is 0 Å². The van der Waals surface area contributed by atoms with Crippen LogP contribution < -0.4 is 5.32 Å². The fourth-order valence-electron chi connectivity index (χ4n) is 6.39. The number of piperidine rings is 1. The number of carbonyl (C=O) groups excluding carboxylic acids is 1. The van der Waals surface area contributed by atoms with Crippen LogP contribution in [-0.2, 0) is 16.6 Å². The number of aromatic nitrogens is 3. The lowest BCUT2D eigenvalue weighted by Crippen LogP contribution is -2.55. The number of hydrogen-bond acceptors (Lipinski definition) is 5. The number of carbonyl (C=O) groups is 1. The van der Waals surface area contributed by atoms with Gasteiger partial charge in [0.05, 0.1) is 24.9 Å². The van der Waals surface area contributed by atoms with Gasteiger partial charge in [0.1, 0.15) is 12.0 Å². The fourth-order valence-corrected chi connectivity index (χ4v) is 6.72. The first kappa shape index (κ1) is 24.8. The summed E-state index contributed by atoms with van der Waals surface area (Å²) in [4.78, 5) is 19.7. The van der Waals surface area contributed by atoms with E-state index < -0.39 is 11.7 Å². The van der Waals surface area contributed by atoms with Crippen LogP contribution >= 0.6 is 11.6 Å². The van der Waals surface area contributed by atoms with E-state index in [4.69, 9.17) is 16.3 Å². The molecule has 1 amide bonds. The van der Waals surface area contributed by atoms with Gasteiger partial charge in [-0.25, -0.2) is 9.37 Å². The third kappa shape index (κ3) is 4.43. The van der Waals surface area contributed by atoms with Crippen molar-refractivity contribution in [3.8, 4) is 0 Å². The van der Waals surface area contributed by atoms with Gasteiger partial charge in [-0.1, -0.05) is 18.5 Å². The molecule has 3 aromatic rings. The topological polar surface area (TPSA) is 72.3 Å². The number of ether oxygens (including phenoxy) is 1. The van der Waals surface area contributed by atoms with E-state index in [0.717, 1.165) is 52.9 Å². The van der Waals surface area contributed by atoms with Crippen molar-refractivity contribution in [1.82, 2.24) is 19.7 Å². The summed E-state index contributed by atoms with van der Waals surface area (Å²) in [5.41, 5.74) is 1.67. The Labute approximate surface area is 221 Å². The smallest absolute Gasteiger partial charge is 0.229 e. The van der Waals surface area contributed by atoms with Crippen LogP contribution in [0, 0.1) is 11.8 Å². The maximum Gasteiger partial charge on any atom is 0.229 e. The Kier molecular flexibility index (Phi) is 6.24. The Bertz CT molecular complexity index is 1340. The number of halogens is 2. The number of anilines is 1. The average Bonchev–Trinajstić information content (AvgIpc) is 3.15. The summed E-state index contributed by atoms with van der Waals surface area (Å²) in [6.07, 6.45) is 6.47. The lowest BCUT2D eigenvalue weighted by molar-refractivity contribution is -0.117. The number of nitrogens with one attached hydrogen (secondary N) is 1. The molecule has 9 heteroatoms. The van der Waals surface area contributed by atoms with Gasteiger partial charge in [0.25, 0.3) is 0 Å². The van der Waals surface area contributed by atoms with E-state index in [0.29, 0.717) is 18.3 Å². The molecule has 2 aromatic heterocycles. The Morgan fingerprint density at radius 3 is 2.68 bits per heavy atom. The number of alkyl halides is 1. The second-order valence-electron chi connectivity index (χ2n) is 11.2. The van der Waals surface area contributed by atoms with Gasteiger partial charge in [0, 0.05) is 41.7 Å². The van der Waals surface area contributed by atoms with Crippen LogP contribution in [0.25, 0.3) is 10.8 Å². The fraction of sp³-hybridized carbons (Fsp3) is 0.536. The zero-order valence-electron chi connectivity index (χ0n) is 21.5. The van der Waals surface area contributed by atoms with E-state index in [1.165, 1.54) is 0 Å². The first-order valence-electron chi connectivity index (χ1n) is 13.1. The average molecular weight is 526 g/mol. The van der Waals surface area contributed by atoms with Gasteiger partial charge < -0.3 is 10.1 Å². The predicted molar refractivity (Wildman–Crippen MR) is 142 cm³/mol. The zero-order chi connectivity index (χ0) is 25.9. The molecule has 3 fully saturated rings. The van der Waals surface area contributed by atoms with E-state index in [1.54, 1.807) is 10.9 Å². The van der Waals surface area contributed by atoms with E-state index >= 15 is 0 Å². The number of fused-ring (bicyclic) bond motifs is 1. The molecule has 1 aromatic carbocycles. The zero-order valence-corrected chi connectivity index (χ0v) is 22.2. The van der Waals surface area contributed by atoms with Gasteiger partial charge in [0.2, 0.25) is 5.91 Å². The highest BCUT2D eigenvalue weighted by atomic mass is 35.5. The van der Waals surface area contributed by atoms with Crippen LogP contribution in [-0.4, -0.2) is 63.6 Å². The van der Waals surface area contributed by atoms with Gasteiger partial charge in [-0.2, -0.15) is 5.10 Å². The third-order valence-corrected chi connectivity index (χ3v) is 9.20. The summed E-state index contributed by atoms with van der Waals surface area (Å²) in [6.45, 7) is 6.33. The van der Waals surface area contributed by atoms with Gasteiger partial charge in [-0.3, -0.25) is 14.4 Å². The van der Waals surface area contributed by atoms with Crippen molar-refractivity contribution < 1.29 is 13.9 Å². The number of benzene rings is 1. The molecule has 0 bridgehead atoms. The Morgan fingerprint density at radius 2 is 2.00 bits per heavy atom. The molecule has 0 spiro atoms. The quantitative estimate of drug-likeness (QED) is 0.512. The molecule has 7 nitrogen and oxygen atoms in total. The Morgan fingerprint density at radius 1 is 1.22 bits per heavy atom. The minimum atomic E-state index is -0.951. The number of pyridine rings is 1. The van der Waals surface area contributed by atoms with Gasteiger partial charge in [0.15, 0.2) is 0 Å². The molecule has 0 radical (unpaired) electrons. The molecule has 5 atom stereocenters. The van der Waals surface area contributed by atoms with Crippen LogP contribution in [0.15, 0.2) is 36.8 Å². The number of likely N-dealkylation sites (tertiary alicyclic amines) is 1. The van der Waals surface area contributed by atoms with Crippen molar-refractivity contribution in [3.05, 3.63) is 52.9 Å². The molecule has 4 heterocycles. The molecule has 3 aliphatic rings. The van der Waals surface area contributed by atoms with E-state index in [1.807, 2.05) is 38.5 Å². The minimum Gasteiger partial charge on any atom is -0.376 e. The highest BCUT2D eigenvalue weighted by Crippen LogP contribution is 2.54. The summed E-state index contributed by atoms with van der Waals surface area (Å²) in [7, 11) is 1.89. The molecular formula is C28H33ClFN5O2. The maximum absolute atomic E-state index is 14.5. The number of rotatable bonds is 5. The summed E-state index contributed by atoms with van der Waals surface area (Å²) in [6, 6.07) is 6.02. The molecule has 6 rings (SSSR count). The molecule has 2 aliphatic heterocycles. The molecule has 0 unspecified atom stereocenters. The molecule has 1 aliphatic carbocycles. The number of aryl methyl sites for hydroxylation is 1. The maximum atomic E-state index is 14.5. The van der Waals surface area contributed by atoms with Crippen molar-refractivity contribution in [2.45, 2.75) is 50.2 Å². The Hall–Kier alpha value is -2.55. The third-order valence-electron chi connectivity index (χ3n) is 8.87. The van der Waals surface area contributed by atoms with Gasteiger partial charge in [-0.15, -0.1) is 0 Å². The second kappa shape index (κ2) is 9.33. The summed E-state index contributed by atoms with van der Waals surface area (Å²) < 4.78 is 21.7. The SMILES string of the molecule is C[C@H]1[C@H](C(=O)Nc2cc3cc(C4CCN([C@@]5(C)COC[C@H]5F)CC4)c(Cl)cc3cn2)[C@H]1c1cnn(C)c1. The van der Waals surface area contributed by atoms with Crippen LogP contribution in [0.2, 0.25) is 5.02 Å². The molecule has 1 N–H and O–H groups in total. The first-order valence-corrected chi connectivity index (χ1v) is 13.5. The highest BCUT2D eigenvalue weighted by molar-refractivity contribution is 6.32. The summed E-state index contributed by atoms with van der Waals surface area (Å²) >= 11 is 6.72. The van der Waals surface area contributed by atoms with Gasteiger partial charge in [-0.05, 0) is 79.4 Å². The molecule has 37 heavy (non-hydrogen) atoms. The normalized spacial score (nSPS) is 30.6. The first-order chi connectivity index (χ1) is 17.7. The minimum absolute atomic E-state index is 0.00897. The molecular weight excluding hydrogens is 493 g/mol. The van der Waals surface area contributed by atoms with E-state index in [2.05, 4.69) is 33.3 Å². The lowest BCUT2D eigenvalue weighted by Gasteiger charge is -2.43. The second-order valence-corrected chi connectivity index (χ2v) is 11.6. The van der Waals surface area contributed by atoms with E-state index in [9.17, 15) is 9.18 Å². The highest BCUT2D eigenvalue weighted by Gasteiger charge is 2.53. The van der Waals surface area contributed by atoms with E-state index in [-0.39, 0.29) is 30.3 Å². The van der Waals surface area contributed by atoms with Crippen molar-refractivity contribution in [2.75, 3.05) is 31.6 Å². The van der Waals surface area contributed by atoms with Crippen molar-refractivity contribution in [1.29, 1.82) is 0 Å². The van der Waals surface area contributed by atoms with Crippen LogP contribution in [0.3, 0.4) is 0 Å². The van der Waals surface area contributed by atoms with Crippen molar-refractivity contribution in [2.24, 2.45) is 18.9 Å². The molecule has 1 saturated carbocycles. The number of hydrogen-bond donors (Lipinski definition) is 1. The van der Waals surface area contributed by atoms with Crippen LogP contribution in [0.1, 0.15) is 49.7 Å². The number of nitrogens with zero attached hydrogens (tertiary/aromatic N) is 4. The Balaban J connectivity index is 1.16. The number of amides is 1. The monoisotopic (exact) mass is 525 g/mol. The standard InChI is InChI=1S/C28H33ClFN5O2/c1-16-25(20-12-32-34(3)13-20)26(16)27(36)33-24-10-18-8-21(22(29)9-19(18)11-31-24)17-4-6-35(7-5-17)28(2)15-37-14-23(28)30/h8-13,16-17,23,25-26H,4-7,14-15H2,1-3H3,(H,31,33,36)/t16-,23-,25-,26+,28+/m1/s1. The van der Waals surface area contributed by atoms with Crippen LogP contribution in [0.4, 0.5) is 10.2 Å². The van der Waals surface area contributed by atoms with Crippen molar-refractivity contribution >= 4 is 34.1 Å². The van der Waals surface area contributed by atoms with Gasteiger partial charge >= 0.3 is 0 Å².